The van der Waals surface area contributed by atoms with Crippen LogP contribution in [0.4, 0.5) is 0 Å². The Kier molecular flexibility index (Phi) is 4.06. The minimum absolute atomic E-state index is 0.271. The molecule has 2 aliphatic rings. The standard InChI is InChI=1S/C16H29N5/c1-12(2)21-15(17-11-19-21)9-20-10-16(4,14-5-6-14)18-8-7-13(20)3/h11-14,18H,5-10H2,1-4H3. The molecule has 0 radical (unpaired) electrons. The average Bonchev–Trinajstić information content (AvgIpc) is 3.19. The lowest BCUT2D eigenvalue weighted by Gasteiger charge is -2.35. The maximum atomic E-state index is 4.49. The van der Waals surface area contributed by atoms with E-state index in [2.05, 4.69) is 52.7 Å². The first kappa shape index (κ1) is 15.0. The lowest BCUT2D eigenvalue weighted by molar-refractivity contribution is 0.148. The smallest absolute Gasteiger partial charge is 0.141 e. The second-order valence-electron chi connectivity index (χ2n) is 7.38. The third kappa shape index (κ3) is 3.14. The van der Waals surface area contributed by atoms with Crippen LogP contribution in [0, 0.1) is 5.92 Å². The van der Waals surface area contributed by atoms with Crippen molar-refractivity contribution in [2.45, 2.75) is 71.1 Å². The fraction of sp³-hybridized carbons (Fsp3) is 0.875. The molecule has 0 aromatic carbocycles. The number of nitrogens with one attached hydrogen (secondary N) is 1. The minimum atomic E-state index is 0.271. The Morgan fingerprint density at radius 3 is 2.81 bits per heavy atom. The lowest BCUT2D eigenvalue weighted by atomic mass is 9.95. The fourth-order valence-electron chi connectivity index (χ4n) is 3.59. The molecule has 5 heteroatoms. The largest absolute Gasteiger partial charge is 0.310 e. The average molecular weight is 291 g/mol. The van der Waals surface area contributed by atoms with Gasteiger partial charge in [0, 0.05) is 24.2 Å². The Balaban J connectivity index is 1.76. The highest BCUT2D eigenvalue weighted by atomic mass is 15.4. The van der Waals surface area contributed by atoms with E-state index in [1.54, 1.807) is 6.33 Å². The van der Waals surface area contributed by atoms with Crippen molar-refractivity contribution in [1.82, 2.24) is 25.0 Å². The van der Waals surface area contributed by atoms with Crippen molar-refractivity contribution < 1.29 is 0 Å². The van der Waals surface area contributed by atoms with Crippen molar-refractivity contribution in [2.75, 3.05) is 13.1 Å². The fourth-order valence-corrected chi connectivity index (χ4v) is 3.59. The summed E-state index contributed by atoms with van der Waals surface area (Å²) in [6.45, 7) is 12.2. The van der Waals surface area contributed by atoms with Gasteiger partial charge in [0.05, 0.1) is 6.54 Å². The van der Waals surface area contributed by atoms with Crippen LogP contribution in [0.5, 0.6) is 0 Å². The molecule has 118 valence electrons. The van der Waals surface area contributed by atoms with E-state index in [0.29, 0.717) is 12.1 Å². The molecule has 2 unspecified atom stereocenters. The van der Waals surface area contributed by atoms with Crippen molar-refractivity contribution in [1.29, 1.82) is 0 Å². The van der Waals surface area contributed by atoms with Crippen LogP contribution >= 0.6 is 0 Å². The van der Waals surface area contributed by atoms with Gasteiger partial charge >= 0.3 is 0 Å². The minimum Gasteiger partial charge on any atom is -0.310 e. The van der Waals surface area contributed by atoms with Crippen LogP contribution in [0.1, 0.15) is 58.8 Å². The van der Waals surface area contributed by atoms with Crippen LogP contribution in [0.15, 0.2) is 6.33 Å². The van der Waals surface area contributed by atoms with Gasteiger partial charge in [-0.15, -0.1) is 0 Å². The predicted octanol–water partition coefficient (Wildman–Crippen LogP) is 2.21. The van der Waals surface area contributed by atoms with Gasteiger partial charge in [-0.1, -0.05) is 0 Å². The van der Waals surface area contributed by atoms with Crippen LogP contribution < -0.4 is 5.32 Å². The summed E-state index contributed by atoms with van der Waals surface area (Å²) in [6.07, 6.45) is 5.66. The van der Waals surface area contributed by atoms with Gasteiger partial charge in [0.15, 0.2) is 0 Å². The molecule has 0 bridgehead atoms. The SMILES string of the molecule is CC1CCNC(C)(C2CC2)CN1Cc1ncnn1C(C)C. The highest BCUT2D eigenvalue weighted by molar-refractivity contribution is 5.02. The maximum Gasteiger partial charge on any atom is 0.141 e. The number of aromatic nitrogens is 3. The Labute approximate surface area is 128 Å². The molecule has 0 spiro atoms. The van der Waals surface area contributed by atoms with Crippen molar-refractivity contribution >= 4 is 0 Å². The second kappa shape index (κ2) is 5.69. The quantitative estimate of drug-likeness (QED) is 0.924. The number of hydrogen-bond acceptors (Lipinski definition) is 4. The van der Waals surface area contributed by atoms with E-state index in [4.69, 9.17) is 0 Å². The molecule has 2 atom stereocenters. The predicted molar refractivity (Wildman–Crippen MR) is 84.0 cm³/mol. The Hall–Kier alpha value is -0.940. The molecule has 0 amide bonds. The van der Waals surface area contributed by atoms with Crippen molar-refractivity contribution in [3.63, 3.8) is 0 Å². The van der Waals surface area contributed by atoms with Gasteiger partial charge < -0.3 is 5.32 Å². The van der Waals surface area contributed by atoms with Gasteiger partial charge in [-0.05, 0) is 59.4 Å². The third-order valence-electron chi connectivity index (χ3n) is 5.21. The molecule has 1 N–H and O–H groups in total. The summed E-state index contributed by atoms with van der Waals surface area (Å²) in [5, 5.41) is 8.19. The molecule has 5 nitrogen and oxygen atoms in total. The first-order valence-corrected chi connectivity index (χ1v) is 8.37. The Morgan fingerprint density at radius 1 is 1.38 bits per heavy atom. The topological polar surface area (TPSA) is 46.0 Å². The number of hydrogen-bond donors (Lipinski definition) is 1. The van der Waals surface area contributed by atoms with E-state index >= 15 is 0 Å². The Morgan fingerprint density at radius 2 is 2.14 bits per heavy atom. The maximum absolute atomic E-state index is 4.49. The van der Waals surface area contributed by atoms with Crippen molar-refractivity contribution in [3.8, 4) is 0 Å². The van der Waals surface area contributed by atoms with Crippen LogP contribution in [0.25, 0.3) is 0 Å². The summed E-state index contributed by atoms with van der Waals surface area (Å²) in [7, 11) is 0. The summed E-state index contributed by atoms with van der Waals surface area (Å²) in [4.78, 5) is 7.09. The zero-order valence-electron chi connectivity index (χ0n) is 13.8. The summed E-state index contributed by atoms with van der Waals surface area (Å²) in [6, 6.07) is 0.966. The monoisotopic (exact) mass is 291 g/mol. The van der Waals surface area contributed by atoms with Gasteiger partial charge in [-0.25, -0.2) is 9.67 Å². The lowest BCUT2D eigenvalue weighted by Crippen LogP contribution is -2.51. The van der Waals surface area contributed by atoms with Gasteiger partial charge in [0.1, 0.15) is 12.2 Å². The highest BCUT2D eigenvalue weighted by Crippen LogP contribution is 2.41. The van der Waals surface area contributed by atoms with Gasteiger partial charge in [-0.3, -0.25) is 4.90 Å². The molecular formula is C16H29N5. The van der Waals surface area contributed by atoms with E-state index in [9.17, 15) is 0 Å². The molecule has 21 heavy (non-hydrogen) atoms. The van der Waals surface area contributed by atoms with E-state index in [0.717, 1.165) is 31.4 Å². The summed E-state index contributed by atoms with van der Waals surface area (Å²) in [5.41, 5.74) is 0.271. The van der Waals surface area contributed by atoms with Gasteiger partial charge in [-0.2, -0.15) is 5.10 Å². The summed E-state index contributed by atoms with van der Waals surface area (Å²) >= 11 is 0. The van der Waals surface area contributed by atoms with Crippen LogP contribution in [0.2, 0.25) is 0 Å². The number of nitrogens with zero attached hydrogens (tertiary/aromatic N) is 4. The highest BCUT2D eigenvalue weighted by Gasteiger charge is 2.44. The third-order valence-corrected chi connectivity index (χ3v) is 5.21. The first-order valence-electron chi connectivity index (χ1n) is 8.37. The van der Waals surface area contributed by atoms with Crippen LogP contribution in [-0.2, 0) is 6.54 Å². The molecule has 3 rings (SSSR count). The number of rotatable bonds is 4. The van der Waals surface area contributed by atoms with E-state index in [-0.39, 0.29) is 5.54 Å². The zero-order chi connectivity index (χ0) is 15.0. The molecule has 1 aliphatic heterocycles. The Bertz CT molecular complexity index is 479. The summed E-state index contributed by atoms with van der Waals surface area (Å²) in [5.74, 6) is 1.95. The van der Waals surface area contributed by atoms with Gasteiger partial charge in [0.25, 0.3) is 0 Å². The zero-order valence-corrected chi connectivity index (χ0v) is 13.8. The molecule has 1 saturated carbocycles. The van der Waals surface area contributed by atoms with Crippen molar-refractivity contribution in [2.24, 2.45) is 5.92 Å². The molecule has 1 aromatic heterocycles. The van der Waals surface area contributed by atoms with E-state index in [1.807, 2.05) is 0 Å². The molecule has 2 heterocycles. The second-order valence-corrected chi connectivity index (χ2v) is 7.38. The van der Waals surface area contributed by atoms with Crippen LogP contribution in [-0.4, -0.2) is 44.3 Å². The normalized spacial score (nSPS) is 31.6. The van der Waals surface area contributed by atoms with E-state index in [1.165, 1.54) is 19.3 Å². The molecule has 1 aromatic rings. The molecule has 2 fully saturated rings. The molecule has 1 saturated heterocycles. The molecule has 1 aliphatic carbocycles. The van der Waals surface area contributed by atoms with Crippen LogP contribution in [0.3, 0.4) is 0 Å². The van der Waals surface area contributed by atoms with Gasteiger partial charge in [0.2, 0.25) is 0 Å². The first-order chi connectivity index (χ1) is 9.99. The van der Waals surface area contributed by atoms with Crippen molar-refractivity contribution in [3.05, 3.63) is 12.2 Å². The summed E-state index contributed by atoms with van der Waals surface area (Å²) < 4.78 is 2.06. The molecular weight excluding hydrogens is 262 g/mol. The van der Waals surface area contributed by atoms with E-state index < -0.39 is 0 Å².